The van der Waals surface area contributed by atoms with Crippen molar-refractivity contribution in [3.8, 4) is 11.8 Å². The largest absolute Gasteiger partial charge is 0.481 e. The number of halogens is 1. The van der Waals surface area contributed by atoms with Crippen LogP contribution >= 0.6 is 15.9 Å². The molecule has 0 aliphatic heterocycles. The molecule has 1 amide bonds. The van der Waals surface area contributed by atoms with E-state index in [0.29, 0.717) is 22.3 Å². The van der Waals surface area contributed by atoms with Crippen molar-refractivity contribution in [3.63, 3.8) is 0 Å². The van der Waals surface area contributed by atoms with Gasteiger partial charge in [0, 0.05) is 11.0 Å². The molecule has 1 aromatic rings. The first-order chi connectivity index (χ1) is 8.52. The van der Waals surface area contributed by atoms with Gasteiger partial charge < -0.3 is 10.1 Å². The van der Waals surface area contributed by atoms with E-state index in [0.717, 1.165) is 0 Å². The van der Waals surface area contributed by atoms with Crippen LogP contribution in [0.25, 0.3) is 0 Å². The second-order valence-corrected chi connectivity index (χ2v) is 4.75. The van der Waals surface area contributed by atoms with E-state index in [9.17, 15) is 4.79 Å². The number of nitrogens with zero attached hydrogens (tertiary/aromatic N) is 1. The molecule has 5 heteroatoms. The van der Waals surface area contributed by atoms with Gasteiger partial charge in [-0.1, -0.05) is 22.5 Å². The third-order valence-corrected chi connectivity index (χ3v) is 2.40. The van der Waals surface area contributed by atoms with Gasteiger partial charge in [0.2, 0.25) is 0 Å². The molecule has 0 fully saturated rings. The molecule has 1 atom stereocenters. The Morgan fingerprint density at radius 2 is 2.17 bits per heavy atom. The minimum atomic E-state index is -0.607. The summed E-state index contributed by atoms with van der Waals surface area (Å²) in [6, 6.07) is 8.61. The number of hydrogen-bond acceptors (Lipinski definition) is 3. The van der Waals surface area contributed by atoms with Gasteiger partial charge in [0.15, 0.2) is 6.10 Å². The Kier molecular flexibility index (Phi) is 5.40. The molecule has 0 aliphatic carbocycles. The fourth-order valence-electron chi connectivity index (χ4n) is 1.19. The number of nitrogens with one attached hydrogen (secondary N) is 1. The van der Waals surface area contributed by atoms with Crippen molar-refractivity contribution in [2.75, 3.05) is 6.54 Å². The van der Waals surface area contributed by atoms with Crippen molar-refractivity contribution in [3.05, 3.63) is 40.9 Å². The normalized spacial score (nSPS) is 11.2. The minimum absolute atomic E-state index is 0.222. The van der Waals surface area contributed by atoms with Gasteiger partial charge in [0.1, 0.15) is 5.75 Å². The highest BCUT2D eigenvalue weighted by Gasteiger charge is 2.13. The van der Waals surface area contributed by atoms with Gasteiger partial charge in [0.05, 0.1) is 11.6 Å². The van der Waals surface area contributed by atoms with Gasteiger partial charge >= 0.3 is 0 Å². The number of ether oxygens (including phenoxy) is 1. The molecule has 0 aliphatic rings. The molecule has 18 heavy (non-hydrogen) atoms. The zero-order valence-corrected chi connectivity index (χ0v) is 11.5. The molecule has 0 spiro atoms. The standard InChI is InChI=1S/C13H13BrN2O2/c1-9(14)8-16-13(17)10(2)18-12-5-3-11(7-15)4-6-12/h3-6,10H,1,8H2,2H3,(H,16,17). The van der Waals surface area contributed by atoms with Crippen molar-refractivity contribution in [2.45, 2.75) is 13.0 Å². The molecule has 1 aromatic carbocycles. The van der Waals surface area contributed by atoms with Crippen LogP contribution in [-0.2, 0) is 4.79 Å². The number of carbonyl (C=O) groups is 1. The molecule has 0 saturated carbocycles. The highest BCUT2D eigenvalue weighted by molar-refractivity contribution is 9.11. The first-order valence-corrected chi connectivity index (χ1v) is 6.10. The molecule has 1 rings (SSSR count). The van der Waals surface area contributed by atoms with Crippen molar-refractivity contribution in [1.29, 1.82) is 5.26 Å². The Balaban J connectivity index is 2.53. The van der Waals surface area contributed by atoms with Crippen LogP contribution in [0, 0.1) is 11.3 Å². The van der Waals surface area contributed by atoms with Gasteiger partial charge in [-0.15, -0.1) is 0 Å². The Morgan fingerprint density at radius 1 is 1.56 bits per heavy atom. The average molecular weight is 309 g/mol. The number of amides is 1. The number of carbonyl (C=O) groups excluding carboxylic acids is 1. The molecule has 0 aromatic heterocycles. The zero-order chi connectivity index (χ0) is 13.5. The van der Waals surface area contributed by atoms with E-state index in [1.54, 1.807) is 31.2 Å². The summed E-state index contributed by atoms with van der Waals surface area (Å²) in [6.45, 7) is 5.64. The summed E-state index contributed by atoms with van der Waals surface area (Å²) in [6.07, 6.45) is -0.607. The smallest absolute Gasteiger partial charge is 0.261 e. The van der Waals surface area contributed by atoms with Crippen molar-refractivity contribution >= 4 is 21.8 Å². The number of rotatable bonds is 5. The fourth-order valence-corrected chi connectivity index (χ4v) is 1.33. The summed E-state index contributed by atoms with van der Waals surface area (Å²) in [4.78, 5) is 11.6. The van der Waals surface area contributed by atoms with E-state index in [1.807, 2.05) is 6.07 Å². The van der Waals surface area contributed by atoms with Crippen LogP contribution in [-0.4, -0.2) is 18.6 Å². The van der Waals surface area contributed by atoms with Crippen molar-refractivity contribution in [1.82, 2.24) is 5.32 Å². The monoisotopic (exact) mass is 308 g/mol. The highest BCUT2D eigenvalue weighted by atomic mass is 79.9. The van der Waals surface area contributed by atoms with Crippen LogP contribution in [0.5, 0.6) is 5.75 Å². The Hall–Kier alpha value is -1.80. The van der Waals surface area contributed by atoms with Gasteiger partial charge in [-0.25, -0.2) is 0 Å². The minimum Gasteiger partial charge on any atom is -0.481 e. The van der Waals surface area contributed by atoms with Crippen LogP contribution < -0.4 is 10.1 Å². The summed E-state index contributed by atoms with van der Waals surface area (Å²) in [5.74, 6) is 0.328. The fraction of sp³-hybridized carbons (Fsp3) is 0.231. The predicted octanol–water partition coefficient (Wildman–Crippen LogP) is 2.35. The molecule has 0 saturated heterocycles. The number of hydrogen-bond donors (Lipinski definition) is 1. The lowest BCUT2D eigenvalue weighted by Crippen LogP contribution is -2.36. The van der Waals surface area contributed by atoms with Crippen molar-refractivity contribution < 1.29 is 9.53 Å². The molecule has 4 nitrogen and oxygen atoms in total. The third-order valence-electron chi connectivity index (χ3n) is 2.12. The van der Waals surface area contributed by atoms with E-state index in [4.69, 9.17) is 10.00 Å². The number of nitriles is 1. The van der Waals surface area contributed by atoms with E-state index in [1.165, 1.54) is 0 Å². The molecule has 0 bridgehead atoms. The van der Waals surface area contributed by atoms with Crippen LogP contribution in [0.2, 0.25) is 0 Å². The maximum atomic E-state index is 11.6. The number of benzene rings is 1. The molecular weight excluding hydrogens is 296 g/mol. The summed E-state index contributed by atoms with van der Waals surface area (Å²) in [5, 5.41) is 11.3. The lowest BCUT2D eigenvalue weighted by molar-refractivity contribution is -0.127. The molecule has 0 radical (unpaired) electrons. The van der Waals surface area contributed by atoms with Crippen LogP contribution in [0.3, 0.4) is 0 Å². The Bertz CT molecular complexity index is 477. The summed E-state index contributed by atoms with van der Waals surface area (Å²) >= 11 is 3.15. The summed E-state index contributed by atoms with van der Waals surface area (Å²) < 4.78 is 6.14. The SMILES string of the molecule is C=C(Br)CNC(=O)C(C)Oc1ccc(C#N)cc1. The third kappa shape index (κ3) is 4.60. The molecule has 0 heterocycles. The van der Waals surface area contributed by atoms with Gasteiger partial charge in [-0.3, -0.25) is 4.79 Å². The second-order valence-electron chi connectivity index (χ2n) is 3.63. The second kappa shape index (κ2) is 6.82. The van der Waals surface area contributed by atoms with E-state index < -0.39 is 6.10 Å². The molecule has 94 valence electrons. The lowest BCUT2D eigenvalue weighted by atomic mass is 10.2. The maximum Gasteiger partial charge on any atom is 0.261 e. The first kappa shape index (κ1) is 14.3. The van der Waals surface area contributed by atoms with E-state index in [2.05, 4.69) is 27.8 Å². The molecular formula is C13H13BrN2O2. The molecule has 1 N–H and O–H groups in total. The maximum absolute atomic E-state index is 11.6. The van der Waals surface area contributed by atoms with Crippen molar-refractivity contribution in [2.24, 2.45) is 0 Å². The Morgan fingerprint density at radius 3 is 2.67 bits per heavy atom. The zero-order valence-electron chi connectivity index (χ0n) is 9.94. The van der Waals surface area contributed by atoms with E-state index >= 15 is 0 Å². The van der Waals surface area contributed by atoms with Crippen LogP contribution in [0.1, 0.15) is 12.5 Å². The van der Waals surface area contributed by atoms with E-state index in [-0.39, 0.29) is 5.91 Å². The quantitative estimate of drug-likeness (QED) is 0.908. The van der Waals surface area contributed by atoms with Gasteiger partial charge in [0.25, 0.3) is 5.91 Å². The predicted molar refractivity (Wildman–Crippen MR) is 72.3 cm³/mol. The summed E-state index contributed by atoms with van der Waals surface area (Å²) in [5.41, 5.74) is 0.551. The Labute approximate surface area is 114 Å². The lowest BCUT2D eigenvalue weighted by Gasteiger charge is -2.14. The average Bonchev–Trinajstić information content (AvgIpc) is 2.36. The van der Waals surface area contributed by atoms with Crippen LogP contribution in [0.4, 0.5) is 0 Å². The van der Waals surface area contributed by atoms with Gasteiger partial charge in [-0.05, 0) is 31.2 Å². The van der Waals surface area contributed by atoms with Gasteiger partial charge in [-0.2, -0.15) is 5.26 Å². The topological polar surface area (TPSA) is 62.1 Å². The highest BCUT2D eigenvalue weighted by Crippen LogP contribution is 2.13. The summed E-state index contributed by atoms with van der Waals surface area (Å²) in [7, 11) is 0. The van der Waals surface area contributed by atoms with Crippen LogP contribution in [0.15, 0.2) is 35.3 Å². The molecule has 1 unspecified atom stereocenters. The first-order valence-electron chi connectivity index (χ1n) is 5.30.